The molecule has 1 aliphatic heterocycles. The van der Waals surface area contributed by atoms with Crippen molar-refractivity contribution in [2.75, 3.05) is 31.7 Å². The molecule has 19 heavy (non-hydrogen) atoms. The maximum Gasteiger partial charge on any atom is 0.184 e. The zero-order valence-corrected chi connectivity index (χ0v) is 12.4. The quantitative estimate of drug-likeness (QED) is 0.775. The van der Waals surface area contributed by atoms with Gasteiger partial charge in [0.1, 0.15) is 5.75 Å². The summed E-state index contributed by atoms with van der Waals surface area (Å²) in [6.07, 6.45) is 0.946. The smallest absolute Gasteiger partial charge is 0.184 e. The second kappa shape index (κ2) is 6.96. The first-order valence-electron chi connectivity index (χ1n) is 6.78. The van der Waals surface area contributed by atoms with Crippen molar-refractivity contribution in [2.45, 2.75) is 19.4 Å². The van der Waals surface area contributed by atoms with Crippen LogP contribution in [0.15, 0.2) is 24.3 Å². The molecule has 1 aromatic carbocycles. The van der Waals surface area contributed by atoms with Crippen LogP contribution in [0.1, 0.15) is 23.7 Å². The van der Waals surface area contributed by atoms with Crippen LogP contribution in [0.2, 0.25) is 0 Å². The van der Waals surface area contributed by atoms with E-state index < -0.39 is 0 Å². The van der Waals surface area contributed by atoms with E-state index in [0.29, 0.717) is 6.61 Å². The molecule has 1 unspecified atom stereocenters. The third-order valence-corrected chi connectivity index (χ3v) is 4.34. The Morgan fingerprint density at radius 3 is 3.00 bits per heavy atom. The summed E-state index contributed by atoms with van der Waals surface area (Å²) in [5.74, 6) is 2.88. The van der Waals surface area contributed by atoms with Crippen molar-refractivity contribution in [3.05, 3.63) is 29.8 Å². The molecule has 0 saturated carbocycles. The molecule has 104 valence electrons. The Labute approximate surface area is 119 Å². The van der Waals surface area contributed by atoms with Crippen molar-refractivity contribution in [1.82, 2.24) is 4.90 Å². The van der Waals surface area contributed by atoms with Crippen LogP contribution in [0.3, 0.4) is 0 Å². The van der Waals surface area contributed by atoms with Gasteiger partial charge in [0.25, 0.3) is 0 Å². The van der Waals surface area contributed by atoms with Gasteiger partial charge in [-0.2, -0.15) is 11.8 Å². The highest BCUT2D eigenvalue weighted by molar-refractivity contribution is 7.99. The minimum Gasteiger partial charge on any atom is -0.493 e. The molecule has 3 nitrogen and oxygen atoms in total. The van der Waals surface area contributed by atoms with Crippen molar-refractivity contribution < 1.29 is 9.53 Å². The Morgan fingerprint density at radius 1 is 1.47 bits per heavy atom. The predicted octanol–water partition coefficient (Wildman–Crippen LogP) is 2.71. The fourth-order valence-corrected chi connectivity index (χ4v) is 3.36. The summed E-state index contributed by atoms with van der Waals surface area (Å²) in [6, 6.07) is 7.56. The number of likely N-dealkylation sites (N-methyl/N-ethyl adjacent to an activating group) is 1. The lowest BCUT2D eigenvalue weighted by atomic mass is 10.0. The molecule has 4 heteroatoms. The van der Waals surface area contributed by atoms with Crippen LogP contribution < -0.4 is 4.74 Å². The van der Waals surface area contributed by atoms with Gasteiger partial charge in [0, 0.05) is 18.1 Å². The SMILES string of the molecule is CCCOc1ccccc1C(=O)C1CSCCN1C. The van der Waals surface area contributed by atoms with Crippen LogP contribution in [-0.2, 0) is 0 Å². The van der Waals surface area contributed by atoms with E-state index in [1.807, 2.05) is 43.1 Å². The molecule has 0 aromatic heterocycles. The van der Waals surface area contributed by atoms with E-state index in [1.165, 1.54) is 0 Å². The van der Waals surface area contributed by atoms with Crippen molar-refractivity contribution in [3.8, 4) is 5.75 Å². The lowest BCUT2D eigenvalue weighted by Gasteiger charge is -2.31. The standard InChI is InChI=1S/C15H21NO2S/c1-3-9-18-14-7-5-4-6-12(14)15(17)13-11-19-10-8-16(13)2/h4-7,13H,3,8-11H2,1-2H3. The van der Waals surface area contributed by atoms with E-state index in [1.54, 1.807) is 0 Å². The first-order chi connectivity index (χ1) is 9.24. The molecule has 2 rings (SSSR count). The minimum atomic E-state index is -0.0230. The predicted molar refractivity (Wildman–Crippen MR) is 80.3 cm³/mol. The first kappa shape index (κ1) is 14.4. The number of benzene rings is 1. The molecule has 0 radical (unpaired) electrons. The number of nitrogens with zero attached hydrogens (tertiary/aromatic N) is 1. The number of thioether (sulfide) groups is 1. The van der Waals surface area contributed by atoms with E-state index in [0.717, 1.165) is 35.8 Å². The number of para-hydroxylation sites is 1. The lowest BCUT2D eigenvalue weighted by molar-refractivity contribution is 0.0870. The van der Waals surface area contributed by atoms with Gasteiger partial charge in [-0.1, -0.05) is 19.1 Å². The Morgan fingerprint density at radius 2 is 2.26 bits per heavy atom. The first-order valence-corrected chi connectivity index (χ1v) is 7.93. The summed E-state index contributed by atoms with van der Waals surface area (Å²) in [5, 5.41) is 0. The molecule has 1 aliphatic rings. The average Bonchev–Trinajstić information content (AvgIpc) is 2.45. The van der Waals surface area contributed by atoms with Gasteiger partial charge in [-0.15, -0.1) is 0 Å². The highest BCUT2D eigenvalue weighted by atomic mass is 32.2. The fraction of sp³-hybridized carbons (Fsp3) is 0.533. The van der Waals surface area contributed by atoms with E-state index in [2.05, 4.69) is 11.8 Å². The van der Waals surface area contributed by atoms with Crippen LogP contribution in [0.5, 0.6) is 5.75 Å². The van der Waals surface area contributed by atoms with Crippen LogP contribution in [0, 0.1) is 0 Å². The number of carbonyl (C=O) groups excluding carboxylic acids is 1. The molecular weight excluding hydrogens is 258 g/mol. The number of hydrogen-bond acceptors (Lipinski definition) is 4. The second-order valence-corrected chi connectivity index (χ2v) is 5.93. The van der Waals surface area contributed by atoms with Gasteiger partial charge in [-0.25, -0.2) is 0 Å². The third kappa shape index (κ3) is 3.51. The third-order valence-electron chi connectivity index (χ3n) is 3.31. The molecule has 0 spiro atoms. The van der Waals surface area contributed by atoms with Crippen LogP contribution >= 0.6 is 11.8 Å². The molecule has 1 aromatic rings. The van der Waals surface area contributed by atoms with Gasteiger partial charge in [0.05, 0.1) is 18.2 Å². The Bertz CT molecular complexity index is 436. The highest BCUT2D eigenvalue weighted by Gasteiger charge is 2.28. The maximum atomic E-state index is 12.7. The number of ether oxygens (including phenoxy) is 1. The van der Waals surface area contributed by atoms with Gasteiger partial charge in [0.15, 0.2) is 5.78 Å². The molecule has 0 bridgehead atoms. The van der Waals surface area contributed by atoms with Crippen molar-refractivity contribution >= 4 is 17.5 Å². The van der Waals surface area contributed by atoms with Gasteiger partial charge >= 0.3 is 0 Å². The zero-order chi connectivity index (χ0) is 13.7. The van der Waals surface area contributed by atoms with Crippen LogP contribution in [0.4, 0.5) is 0 Å². The molecule has 0 N–H and O–H groups in total. The van der Waals surface area contributed by atoms with Crippen molar-refractivity contribution in [3.63, 3.8) is 0 Å². The summed E-state index contributed by atoms with van der Waals surface area (Å²) in [6.45, 7) is 3.69. The average molecular weight is 279 g/mol. The van der Waals surface area contributed by atoms with E-state index in [9.17, 15) is 4.79 Å². The van der Waals surface area contributed by atoms with Gasteiger partial charge < -0.3 is 4.74 Å². The highest BCUT2D eigenvalue weighted by Crippen LogP contribution is 2.24. The number of Topliss-reactive ketones (excluding diaryl/α,β-unsaturated/α-hetero) is 1. The molecule has 0 amide bonds. The molecule has 1 saturated heterocycles. The van der Waals surface area contributed by atoms with Crippen LogP contribution in [-0.4, -0.2) is 48.4 Å². The van der Waals surface area contributed by atoms with Crippen molar-refractivity contribution in [2.24, 2.45) is 0 Å². The summed E-state index contributed by atoms with van der Waals surface area (Å²) in [5.41, 5.74) is 0.718. The summed E-state index contributed by atoms with van der Waals surface area (Å²) >= 11 is 1.85. The minimum absolute atomic E-state index is 0.0230. The Balaban J connectivity index is 2.17. The maximum absolute atomic E-state index is 12.7. The number of carbonyl (C=O) groups is 1. The van der Waals surface area contributed by atoms with Gasteiger partial charge in [-0.05, 0) is 25.6 Å². The zero-order valence-electron chi connectivity index (χ0n) is 11.6. The Hall–Kier alpha value is -1.00. The van der Waals surface area contributed by atoms with Gasteiger partial charge in [-0.3, -0.25) is 9.69 Å². The normalized spacial score (nSPS) is 20.2. The number of ketones is 1. The molecule has 1 fully saturated rings. The number of rotatable bonds is 5. The molecule has 0 aliphatic carbocycles. The fourth-order valence-electron chi connectivity index (χ4n) is 2.15. The summed E-state index contributed by atoms with van der Waals surface area (Å²) in [7, 11) is 2.03. The summed E-state index contributed by atoms with van der Waals surface area (Å²) < 4.78 is 5.69. The summed E-state index contributed by atoms with van der Waals surface area (Å²) in [4.78, 5) is 14.8. The lowest BCUT2D eigenvalue weighted by Crippen LogP contribution is -2.44. The van der Waals surface area contributed by atoms with Crippen molar-refractivity contribution in [1.29, 1.82) is 0 Å². The molecule has 1 heterocycles. The second-order valence-electron chi connectivity index (χ2n) is 4.78. The number of hydrogen-bond donors (Lipinski definition) is 0. The van der Waals surface area contributed by atoms with Crippen LogP contribution in [0.25, 0.3) is 0 Å². The molecule has 1 atom stereocenters. The molecular formula is C15H21NO2S. The van der Waals surface area contributed by atoms with E-state index in [4.69, 9.17) is 4.74 Å². The van der Waals surface area contributed by atoms with E-state index in [-0.39, 0.29) is 11.8 Å². The topological polar surface area (TPSA) is 29.5 Å². The Kier molecular flexibility index (Phi) is 5.28. The van der Waals surface area contributed by atoms with E-state index >= 15 is 0 Å². The van der Waals surface area contributed by atoms with Gasteiger partial charge in [0.2, 0.25) is 0 Å². The monoisotopic (exact) mass is 279 g/mol. The largest absolute Gasteiger partial charge is 0.493 e.